The molecule has 2 aromatic carbocycles. The molecule has 0 radical (unpaired) electrons. The highest BCUT2D eigenvalue weighted by Gasteiger charge is 2.28. The number of fused-ring (bicyclic) bond motifs is 1. The second-order valence-electron chi connectivity index (χ2n) is 9.34. The number of anilines is 1. The van der Waals surface area contributed by atoms with Crippen molar-refractivity contribution in [2.24, 2.45) is 0 Å². The Hall–Kier alpha value is -4.84. The molecular formula is C29H27N7O2. The molecule has 1 amide bonds. The largest absolute Gasteiger partial charge is 0.383 e. The number of nitrogens with two attached hydrogens (primary N) is 1. The third-order valence-electron chi connectivity index (χ3n) is 6.95. The standard InChI is InChI=1S/C29H27N7O2/c1-2-25(38)35-15-3-4-23(17-35)36-29-26(28(31)32-18-33-29)27(34-36)22-12-5-19(6-13-22)9-14-24(37)21-10-7-20(16-30)8-11-21/h2,5-8,10-13,18,23H,1,3-4,9,14-15,17H2,(H2,31,32,33)/t23-/m1/s1. The zero-order valence-electron chi connectivity index (χ0n) is 20.9. The van der Waals surface area contributed by atoms with Crippen LogP contribution in [0, 0.1) is 11.3 Å². The van der Waals surface area contributed by atoms with E-state index in [0.717, 1.165) is 24.0 Å². The molecule has 1 aliphatic rings. The van der Waals surface area contributed by atoms with Gasteiger partial charge in [-0.25, -0.2) is 14.6 Å². The summed E-state index contributed by atoms with van der Waals surface area (Å²) in [5, 5.41) is 14.5. The molecule has 2 N–H and O–H groups in total. The third kappa shape index (κ3) is 4.89. The SMILES string of the molecule is C=CC(=O)N1CCC[C@@H](n2nc(-c3ccc(CCC(=O)c4ccc(C#N)cc4)cc3)c3c(N)ncnc32)C1. The molecular weight excluding hydrogens is 478 g/mol. The fourth-order valence-corrected chi connectivity index (χ4v) is 4.90. The molecule has 1 saturated heterocycles. The first-order chi connectivity index (χ1) is 18.5. The van der Waals surface area contributed by atoms with E-state index in [0.29, 0.717) is 59.6 Å². The Labute approximate surface area is 220 Å². The first-order valence-electron chi connectivity index (χ1n) is 12.5. The summed E-state index contributed by atoms with van der Waals surface area (Å²) in [4.78, 5) is 35.3. The van der Waals surface area contributed by atoms with Crippen molar-refractivity contribution in [3.05, 3.63) is 84.2 Å². The molecule has 0 spiro atoms. The second-order valence-corrected chi connectivity index (χ2v) is 9.34. The molecule has 190 valence electrons. The van der Waals surface area contributed by atoms with Crippen molar-refractivity contribution >= 4 is 28.5 Å². The van der Waals surface area contributed by atoms with Crippen molar-refractivity contribution in [3.8, 4) is 17.3 Å². The van der Waals surface area contributed by atoms with Crippen LogP contribution in [0.25, 0.3) is 22.3 Å². The number of ketones is 1. The van der Waals surface area contributed by atoms with Gasteiger partial charge < -0.3 is 10.6 Å². The minimum Gasteiger partial charge on any atom is -0.383 e. The molecule has 9 nitrogen and oxygen atoms in total. The molecule has 3 heterocycles. The molecule has 0 saturated carbocycles. The van der Waals surface area contributed by atoms with Crippen LogP contribution in [0.15, 0.2) is 67.5 Å². The number of hydrogen-bond donors (Lipinski definition) is 1. The monoisotopic (exact) mass is 505 g/mol. The van der Waals surface area contributed by atoms with Gasteiger partial charge in [0.05, 0.1) is 23.1 Å². The van der Waals surface area contributed by atoms with Gasteiger partial charge in [0, 0.05) is 30.6 Å². The minimum atomic E-state index is -0.0891. The summed E-state index contributed by atoms with van der Waals surface area (Å²) in [6.07, 6.45) is 5.46. The Morgan fingerprint density at radius 1 is 1.13 bits per heavy atom. The molecule has 2 aromatic heterocycles. The van der Waals surface area contributed by atoms with Crippen molar-refractivity contribution in [2.75, 3.05) is 18.8 Å². The normalized spacial score (nSPS) is 15.2. The van der Waals surface area contributed by atoms with E-state index in [9.17, 15) is 9.59 Å². The van der Waals surface area contributed by atoms with E-state index in [-0.39, 0.29) is 17.7 Å². The molecule has 0 bridgehead atoms. The molecule has 9 heteroatoms. The van der Waals surface area contributed by atoms with Crippen molar-refractivity contribution in [1.82, 2.24) is 24.6 Å². The molecule has 0 unspecified atom stereocenters. The molecule has 1 aliphatic heterocycles. The van der Waals surface area contributed by atoms with E-state index in [2.05, 4.69) is 22.6 Å². The van der Waals surface area contributed by atoms with Gasteiger partial charge in [0.2, 0.25) is 5.91 Å². The number of amides is 1. The number of nitrogens with zero attached hydrogens (tertiary/aromatic N) is 6. The Bertz CT molecular complexity index is 1550. The Kier molecular flexibility index (Phi) is 6.96. The lowest BCUT2D eigenvalue weighted by molar-refractivity contribution is -0.127. The first-order valence-corrected chi connectivity index (χ1v) is 12.5. The maximum Gasteiger partial charge on any atom is 0.246 e. The highest BCUT2D eigenvalue weighted by atomic mass is 16.2. The number of rotatable bonds is 7. The number of likely N-dealkylation sites (tertiary alicyclic amines) is 1. The maximum atomic E-state index is 12.6. The number of nitriles is 1. The van der Waals surface area contributed by atoms with Crippen LogP contribution in [-0.2, 0) is 11.2 Å². The number of carbonyl (C=O) groups is 2. The lowest BCUT2D eigenvalue weighted by Gasteiger charge is -2.32. The number of nitrogen functional groups attached to an aromatic ring is 1. The van der Waals surface area contributed by atoms with Crippen LogP contribution in [0.5, 0.6) is 0 Å². The highest BCUT2D eigenvalue weighted by molar-refractivity contribution is 5.98. The molecule has 4 aromatic rings. The van der Waals surface area contributed by atoms with Crippen molar-refractivity contribution in [1.29, 1.82) is 5.26 Å². The summed E-state index contributed by atoms with van der Waals surface area (Å²) in [5.74, 6) is 0.293. The van der Waals surface area contributed by atoms with Crippen LogP contribution in [0.4, 0.5) is 5.82 Å². The number of Topliss-reactive ketones (excluding diaryl/α,β-unsaturated/α-hetero) is 1. The van der Waals surface area contributed by atoms with Gasteiger partial charge in [-0.1, -0.05) is 43.0 Å². The molecule has 0 aliphatic carbocycles. The average molecular weight is 506 g/mol. The number of aryl methyl sites for hydroxylation is 1. The average Bonchev–Trinajstić information content (AvgIpc) is 3.37. The minimum absolute atomic E-state index is 0.0321. The second kappa shape index (κ2) is 10.6. The van der Waals surface area contributed by atoms with E-state index >= 15 is 0 Å². The number of hydrogen-bond acceptors (Lipinski definition) is 7. The third-order valence-corrected chi connectivity index (χ3v) is 6.95. The molecule has 1 fully saturated rings. The maximum absolute atomic E-state index is 12.6. The van der Waals surface area contributed by atoms with Gasteiger partial charge in [0.15, 0.2) is 11.4 Å². The summed E-state index contributed by atoms with van der Waals surface area (Å²) in [7, 11) is 0. The van der Waals surface area contributed by atoms with E-state index < -0.39 is 0 Å². The van der Waals surface area contributed by atoms with Gasteiger partial charge in [-0.05, 0) is 43.0 Å². The van der Waals surface area contributed by atoms with Crippen LogP contribution in [0.3, 0.4) is 0 Å². The fourth-order valence-electron chi connectivity index (χ4n) is 4.90. The Morgan fingerprint density at radius 2 is 1.89 bits per heavy atom. The highest BCUT2D eigenvalue weighted by Crippen LogP contribution is 2.34. The van der Waals surface area contributed by atoms with Gasteiger partial charge in [-0.15, -0.1) is 0 Å². The van der Waals surface area contributed by atoms with Gasteiger partial charge in [0.25, 0.3) is 0 Å². The number of benzene rings is 2. The number of aromatic nitrogens is 4. The van der Waals surface area contributed by atoms with Crippen LogP contribution < -0.4 is 5.73 Å². The van der Waals surface area contributed by atoms with E-state index in [1.54, 1.807) is 29.2 Å². The molecule has 5 rings (SSSR count). The van der Waals surface area contributed by atoms with E-state index in [1.807, 2.05) is 28.9 Å². The van der Waals surface area contributed by atoms with Crippen LogP contribution >= 0.6 is 0 Å². The quantitative estimate of drug-likeness (QED) is 0.295. The zero-order chi connectivity index (χ0) is 26.6. The van der Waals surface area contributed by atoms with Crippen molar-refractivity contribution in [3.63, 3.8) is 0 Å². The lowest BCUT2D eigenvalue weighted by atomic mass is 10.0. The van der Waals surface area contributed by atoms with Gasteiger partial charge in [-0.3, -0.25) is 9.59 Å². The topological polar surface area (TPSA) is 131 Å². The van der Waals surface area contributed by atoms with Crippen molar-refractivity contribution in [2.45, 2.75) is 31.7 Å². The molecule has 38 heavy (non-hydrogen) atoms. The van der Waals surface area contributed by atoms with Gasteiger partial charge in [0.1, 0.15) is 17.8 Å². The van der Waals surface area contributed by atoms with Crippen LogP contribution in [-0.4, -0.2) is 49.4 Å². The van der Waals surface area contributed by atoms with E-state index in [1.165, 1.54) is 12.4 Å². The smallest absolute Gasteiger partial charge is 0.246 e. The lowest BCUT2D eigenvalue weighted by Crippen LogP contribution is -2.40. The van der Waals surface area contributed by atoms with Crippen molar-refractivity contribution < 1.29 is 9.59 Å². The Balaban J connectivity index is 1.37. The summed E-state index contributed by atoms with van der Waals surface area (Å²) >= 11 is 0. The number of piperidine rings is 1. The van der Waals surface area contributed by atoms with E-state index in [4.69, 9.17) is 16.1 Å². The zero-order valence-corrected chi connectivity index (χ0v) is 20.9. The van der Waals surface area contributed by atoms with Crippen LogP contribution in [0.1, 0.15) is 46.8 Å². The number of carbonyl (C=O) groups excluding carboxylic acids is 2. The van der Waals surface area contributed by atoms with Crippen LogP contribution in [0.2, 0.25) is 0 Å². The summed E-state index contributed by atoms with van der Waals surface area (Å²) in [6.45, 7) is 4.83. The predicted octanol–water partition coefficient (Wildman–Crippen LogP) is 4.11. The summed E-state index contributed by atoms with van der Waals surface area (Å²) < 4.78 is 1.87. The predicted molar refractivity (Wildman–Crippen MR) is 144 cm³/mol. The summed E-state index contributed by atoms with van der Waals surface area (Å²) in [6, 6.07) is 16.6. The Morgan fingerprint density at radius 3 is 2.61 bits per heavy atom. The van der Waals surface area contributed by atoms with Gasteiger partial charge >= 0.3 is 0 Å². The fraction of sp³-hybridized carbons (Fsp3) is 0.241. The molecule has 1 atom stereocenters. The summed E-state index contributed by atoms with van der Waals surface area (Å²) in [5.41, 5.74) is 10.6. The van der Waals surface area contributed by atoms with Gasteiger partial charge in [-0.2, -0.15) is 10.4 Å². The first kappa shape index (κ1) is 24.8.